The van der Waals surface area contributed by atoms with Gasteiger partial charge in [-0.25, -0.2) is 4.98 Å². The van der Waals surface area contributed by atoms with Gasteiger partial charge in [-0.1, -0.05) is 27.5 Å². The second-order valence-electron chi connectivity index (χ2n) is 3.43. The average Bonchev–Trinajstić information content (AvgIpc) is 2.38. The van der Waals surface area contributed by atoms with Crippen molar-refractivity contribution in [1.82, 2.24) is 10.4 Å². The van der Waals surface area contributed by atoms with Gasteiger partial charge in [0.25, 0.3) is 0 Å². The number of esters is 1. The van der Waals surface area contributed by atoms with Crippen molar-refractivity contribution in [2.75, 3.05) is 12.0 Å². The number of hydrogen-bond acceptors (Lipinski definition) is 5. The van der Waals surface area contributed by atoms with Gasteiger partial charge < -0.3 is 4.74 Å². The molecule has 0 aliphatic rings. The van der Waals surface area contributed by atoms with Crippen LogP contribution in [0.3, 0.4) is 0 Å². The average molecular weight is 351 g/mol. The Hall–Kier alpha value is -1.34. The first-order chi connectivity index (χ1) is 9.04. The molecule has 0 bridgehead atoms. The number of alkyl halides is 1. The summed E-state index contributed by atoms with van der Waals surface area (Å²) >= 11 is 8.93. The van der Waals surface area contributed by atoms with E-state index in [1.54, 1.807) is 19.1 Å². The summed E-state index contributed by atoms with van der Waals surface area (Å²) in [6, 6.07) is 3.31. The number of amides is 1. The summed E-state index contributed by atoms with van der Waals surface area (Å²) in [6.45, 7) is 1.96. The third-order valence-electron chi connectivity index (χ3n) is 1.99. The highest BCUT2D eigenvalue weighted by atomic mass is 79.9. The van der Waals surface area contributed by atoms with Crippen molar-refractivity contribution in [3.05, 3.63) is 23.4 Å². The number of nitrogens with one attached hydrogen (secondary N) is 2. The highest BCUT2D eigenvalue weighted by Gasteiger charge is 2.19. The van der Waals surface area contributed by atoms with Crippen LogP contribution >= 0.6 is 27.5 Å². The topological polar surface area (TPSA) is 80.3 Å². The fraction of sp³-hybridized carbons (Fsp3) is 0.364. The van der Waals surface area contributed by atoms with Crippen LogP contribution in [0.4, 0.5) is 5.82 Å². The summed E-state index contributed by atoms with van der Waals surface area (Å²) in [6.07, 6.45) is 1.47. The largest absolute Gasteiger partial charge is 0.465 e. The van der Waals surface area contributed by atoms with E-state index in [1.807, 2.05) is 0 Å². The second-order valence-corrected chi connectivity index (χ2v) is 4.94. The van der Waals surface area contributed by atoms with Gasteiger partial charge in [0.2, 0.25) is 5.91 Å². The van der Waals surface area contributed by atoms with E-state index in [-0.39, 0.29) is 13.0 Å². The standard InChI is InChI=1S/C11H13BrClN3O3/c1-2-19-11(18)7(12)6-9(17)15-16-10-8(13)4-3-5-14-10/h3-5,7H,2,6H2,1H3,(H,14,16)(H,15,17). The minimum absolute atomic E-state index is 0.0592. The van der Waals surface area contributed by atoms with Gasteiger partial charge in [-0.3, -0.25) is 20.4 Å². The van der Waals surface area contributed by atoms with E-state index < -0.39 is 16.7 Å². The highest BCUT2D eigenvalue weighted by Crippen LogP contribution is 2.16. The van der Waals surface area contributed by atoms with E-state index in [4.69, 9.17) is 16.3 Å². The number of aromatic nitrogens is 1. The van der Waals surface area contributed by atoms with Gasteiger partial charge in [0, 0.05) is 6.20 Å². The van der Waals surface area contributed by atoms with Crippen LogP contribution in [0.1, 0.15) is 13.3 Å². The van der Waals surface area contributed by atoms with Gasteiger partial charge >= 0.3 is 5.97 Å². The Balaban J connectivity index is 2.40. The number of halogens is 2. The molecule has 0 aliphatic carbocycles. The van der Waals surface area contributed by atoms with Gasteiger partial charge in [0.05, 0.1) is 18.1 Å². The number of rotatable bonds is 6. The van der Waals surface area contributed by atoms with Crippen LogP contribution in [0.25, 0.3) is 0 Å². The summed E-state index contributed by atoms with van der Waals surface area (Å²) < 4.78 is 4.77. The molecule has 19 heavy (non-hydrogen) atoms. The van der Waals surface area contributed by atoms with Crippen LogP contribution in [-0.4, -0.2) is 28.3 Å². The Morgan fingerprint density at radius 3 is 2.95 bits per heavy atom. The fourth-order valence-corrected chi connectivity index (χ4v) is 1.73. The zero-order valence-corrected chi connectivity index (χ0v) is 12.5. The Morgan fingerprint density at radius 2 is 2.32 bits per heavy atom. The zero-order chi connectivity index (χ0) is 14.3. The van der Waals surface area contributed by atoms with Gasteiger partial charge in [0.15, 0.2) is 5.82 Å². The SMILES string of the molecule is CCOC(=O)C(Br)CC(=O)NNc1ncccc1Cl. The second kappa shape index (κ2) is 7.96. The number of hydrogen-bond donors (Lipinski definition) is 2. The summed E-state index contributed by atoms with van der Waals surface area (Å²) in [7, 11) is 0. The molecule has 2 N–H and O–H groups in total. The lowest BCUT2D eigenvalue weighted by atomic mass is 10.3. The molecule has 0 saturated carbocycles. The Labute approximate surface area is 124 Å². The third-order valence-corrected chi connectivity index (χ3v) is 2.99. The summed E-state index contributed by atoms with van der Waals surface area (Å²) in [5.41, 5.74) is 4.97. The monoisotopic (exact) mass is 349 g/mol. The zero-order valence-electron chi connectivity index (χ0n) is 10.2. The van der Waals surface area contributed by atoms with Gasteiger partial charge in [-0.2, -0.15) is 0 Å². The number of nitrogens with zero attached hydrogens (tertiary/aromatic N) is 1. The van der Waals surface area contributed by atoms with E-state index in [0.717, 1.165) is 0 Å². The van der Waals surface area contributed by atoms with Crippen molar-refractivity contribution in [3.63, 3.8) is 0 Å². The molecule has 0 fully saturated rings. The maximum absolute atomic E-state index is 11.6. The minimum atomic E-state index is -0.687. The maximum Gasteiger partial charge on any atom is 0.320 e. The van der Waals surface area contributed by atoms with Crippen LogP contribution in [0.15, 0.2) is 18.3 Å². The first kappa shape index (κ1) is 15.7. The first-order valence-electron chi connectivity index (χ1n) is 5.50. The van der Waals surface area contributed by atoms with Crippen LogP contribution in [0.2, 0.25) is 5.02 Å². The van der Waals surface area contributed by atoms with E-state index in [0.29, 0.717) is 10.8 Å². The van der Waals surface area contributed by atoms with Crippen molar-refractivity contribution in [3.8, 4) is 0 Å². The predicted molar refractivity (Wildman–Crippen MR) is 75.0 cm³/mol. The number of anilines is 1. The van der Waals surface area contributed by atoms with Crippen molar-refractivity contribution >= 4 is 45.2 Å². The Kier molecular flexibility index (Phi) is 6.58. The molecule has 1 rings (SSSR count). The van der Waals surface area contributed by atoms with Gasteiger partial charge in [0.1, 0.15) is 4.83 Å². The molecule has 1 aromatic rings. The van der Waals surface area contributed by atoms with E-state index in [2.05, 4.69) is 31.8 Å². The van der Waals surface area contributed by atoms with Crippen molar-refractivity contribution in [2.24, 2.45) is 0 Å². The molecular weight excluding hydrogens is 337 g/mol. The van der Waals surface area contributed by atoms with E-state index >= 15 is 0 Å². The predicted octanol–water partition coefficient (Wildman–Crippen LogP) is 1.89. The summed E-state index contributed by atoms with van der Waals surface area (Å²) in [5.74, 6) is -0.537. The molecule has 1 aromatic heterocycles. The number of ether oxygens (including phenoxy) is 1. The van der Waals surface area contributed by atoms with Gasteiger partial charge in [-0.05, 0) is 19.1 Å². The first-order valence-corrected chi connectivity index (χ1v) is 6.80. The molecule has 1 amide bonds. The van der Waals surface area contributed by atoms with Crippen LogP contribution in [0.5, 0.6) is 0 Å². The van der Waals surface area contributed by atoms with E-state index in [9.17, 15) is 9.59 Å². The molecule has 1 unspecified atom stereocenters. The van der Waals surface area contributed by atoms with Crippen LogP contribution < -0.4 is 10.9 Å². The van der Waals surface area contributed by atoms with E-state index in [1.165, 1.54) is 6.20 Å². The number of carbonyl (C=O) groups excluding carboxylic acids is 2. The maximum atomic E-state index is 11.6. The highest BCUT2D eigenvalue weighted by molar-refractivity contribution is 9.10. The molecular formula is C11H13BrClN3O3. The quantitative estimate of drug-likeness (QED) is 0.465. The van der Waals surface area contributed by atoms with Crippen molar-refractivity contribution < 1.29 is 14.3 Å². The van der Waals surface area contributed by atoms with Crippen molar-refractivity contribution in [2.45, 2.75) is 18.2 Å². The molecule has 0 spiro atoms. The lowest BCUT2D eigenvalue weighted by Gasteiger charge is -2.11. The van der Waals surface area contributed by atoms with Crippen LogP contribution in [0, 0.1) is 0 Å². The number of pyridine rings is 1. The smallest absolute Gasteiger partial charge is 0.320 e. The van der Waals surface area contributed by atoms with Gasteiger partial charge in [-0.15, -0.1) is 0 Å². The molecule has 1 heterocycles. The number of carbonyl (C=O) groups is 2. The third kappa shape index (κ3) is 5.44. The minimum Gasteiger partial charge on any atom is -0.465 e. The molecule has 0 aromatic carbocycles. The fourth-order valence-electron chi connectivity index (χ4n) is 1.14. The molecule has 0 radical (unpaired) electrons. The Bertz CT molecular complexity index is 459. The molecule has 8 heteroatoms. The Morgan fingerprint density at radius 1 is 1.58 bits per heavy atom. The molecule has 0 aliphatic heterocycles. The molecule has 0 saturated heterocycles. The van der Waals surface area contributed by atoms with Crippen LogP contribution in [-0.2, 0) is 14.3 Å². The lowest BCUT2D eigenvalue weighted by Crippen LogP contribution is -2.33. The number of hydrazine groups is 1. The molecule has 1 atom stereocenters. The summed E-state index contributed by atoms with van der Waals surface area (Å²) in [4.78, 5) is 26.1. The van der Waals surface area contributed by atoms with Crippen molar-refractivity contribution in [1.29, 1.82) is 0 Å². The lowest BCUT2D eigenvalue weighted by molar-refractivity contribution is -0.143. The normalized spacial score (nSPS) is 11.5. The molecule has 104 valence electrons. The molecule has 6 nitrogen and oxygen atoms in total. The summed E-state index contributed by atoms with van der Waals surface area (Å²) in [5, 5.41) is 0.378.